The Morgan fingerprint density at radius 1 is 0.889 bits per heavy atom. The topological polar surface area (TPSA) is 12.5 Å². The predicted octanol–water partition coefficient (Wildman–Crippen LogP) is 5.28. The Kier molecular flexibility index (Phi) is 5.55. The fraction of sp³-hybridized carbons (Fsp3) is 0.280. The second kappa shape index (κ2) is 8.41. The van der Waals surface area contributed by atoms with Gasteiger partial charge in [0.15, 0.2) is 0 Å². The van der Waals surface area contributed by atoms with Crippen LogP contribution in [0.1, 0.15) is 34.6 Å². The molecule has 2 nitrogen and oxygen atoms in total. The second-order valence-corrected chi connectivity index (χ2v) is 7.43. The minimum absolute atomic E-state index is 0.621. The highest BCUT2D eigenvalue weighted by molar-refractivity contribution is 5.38. The number of nitrogens with zero attached hydrogens (tertiary/aromatic N) is 1. The van der Waals surface area contributed by atoms with E-state index in [0.717, 1.165) is 25.3 Å². The van der Waals surface area contributed by atoms with E-state index in [1.165, 1.54) is 35.2 Å². The van der Waals surface area contributed by atoms with Crippen LogP contribution in [0.15, 0.2) is 78.9 Å². The quantitative estimate of drug-likeness (QED) is 0.595. The molecule has 1 atom stereocenters. The van der Waals surface area contributed by atoms with Crippen molar-refractivity contribution >= 4 is 0 Å². The molecule has 0 aromatic heterocycles. The lowest BCUT2D eigenvalue weighted by Crippen LogP contribution is -2.19. The SMILES string of the molecule is COc1cccc(Cc2ccccc2C2CCN(Cc3ccccc3)C2)c1. The lowest BCUT2D eigenvalue weighted by molar-refractivity contribution is 0.327. The van der Waals surface area contributed by atoms with Gasteiger partial charge in [0, 0.05) is 13.1 Å². The van der Waals surface area contributed by atoms with Gasteiger partial charge in [0.2, 0.25) is 0 Å². The Labute approximate surface area is 162 Å². The average molecular weight is 357 g/mol. The van der Waals surface area contributed by atoms with E-state index in [1.54, 1.807) is 7.11 Å². The van der Waals surface area contributed by atoms with E-state index < -0.39 is 0 Å². The summed E-state index contributed by atoms with van der Waals surface area (Å²) in [4.78, 5) is 2.59. The molecule has 1 fully saturated rings. The maximum Gasteiger partial charge on any atom is 0.119 e. The van der Waals surface area contributed by atoms with E-state index in [1.807, 2.05) is 6.07 Å². The number of likely N-dealkylation sites (tertiary alicyclic amines) is 1. The maximum absolute atomic E-state index is 5.39. The van der Waals surface area contributed by atoms with Gasteiger partial charge in [-0.05, 0) is 59.7 Å². The van der Waals surface area contributed by atoms with E-state index in [0.29, 0.717) is 5.92 Å². The van der Waals surface area contributed by atoms with Crippen LogP contribution in [0.5, 0.6) is 5.75 Å². The van der Waals surface area contributed by atoms with Crippen LogP contribution in [0.2, 0.25) is 0 Å². The van der Waals surface area contributed by atoms with Gasteiger partial charge >= 0.3 is 0 Å². The number of methoxy groups -OCH3 is 1. The molecule has 0 radical (unpaired) electrons. The molecule has 4 rings (SSSR count). The van der Waals surface area contributed by atoms with E-state index in [-0.39, 0.29) is 0 Å². The number of benzene rings is 3. The summed E-state index contributed by atoms with van der Waals surface area (Å²) in [5, 5.41) is 0. The number of hydrogen-bond acceptors (Lipinski definition) is 2. The molecule has 3 aromatic rings. The van der Waals surface area contributed by atoms with E-state index in [9.17, 15) is 0 Å². The molecular weight excluding hydrogens is 330 g/mol. The monoisotopic (exact) mass is 357 g/mol. The van der Waals surface area contributed by atoms with Gasteiger partial charge in [0.1, 0.15) is 5.75 Å². The summed E-state index contributed by atoms with van der Waals surface area (Å²) < 4.78 is 5.39. The van der Waals surface area contributed by atoms with Gasteiger partial charge in [-0.1, -0.05) is 66.7 Å². The molecule has 27 heavy (non-hydrogen) atoms. The highest BCUT2D eigenvalue weighted by Gasteiger charge is 2.25. The summed E-state index contributed by atoms with van der Waals surface area (Å²) >= 11 is 0. The van der Waals surface area contributed by atoms with Crippen LogP contribution >= 0.6 is 0 Å². The summed E-state index contributed by atoms with van der Waals surface area (Å²) in [6, 6.07) is 28.2. The number of hydrogen-bond donors (Lipinski definition) is 0. The Morgan fingerprint density at radius 2 is 1.67 bits per heavy atom. The van der Waals surface area contributed by atoms with Crippen molar-refractivity contribution in [3.8, 4) is 5.75 Å². The first-order valence-electron chi connectivity index (χ1n) is 9.79. The summed E-state index contributed by atoms with van der Waals surface area (Å²) in [6.45, 7) is 3.37. The van der Waals surface area contributed by atoms with E-state index >= 15 is 0 Å². The largest absolute Gasteiger partial charge is 0.497 e. The molecule has 3 aromatic carbocycles. The summed E-state index contributed by atoms with van der Waals surface area (Å²) in [5.41, 5.74) is 5.66. The minimum atomic E-state index is 0.621. The molecule has 0 aliphatic carbocycles. The van der Waals surface area contributed by atoms with Crippen LogP contribution in [0, 0.1) is 0 Å². The van der Waals surface area contributed by atoms with Crippen molar-refractivity contribution in [3.63, 3.8) is 0 Å². The third-order valence-corrected chi connectivity index (χ3v) is 5.55. The van der Waals surface area contributed by atoms with Crippen molar-refractivity contribution in [3.05, 3.63) is 101 Å². The Balaban J connectivity index is 1.48. The molecule has 0 N–H and O–H groups in total. The zero-order valence-electron chi connectivity index (χ0n) is 16.0. The fourth-order valence-corrected chi connectivity index (χ4v) is 4.17. The minimum Gasteiger partial charge on any atom is -0.497 e. The molecule has 2 heteroatoms. The molecule has 0 bridgehead atoms. The summed E-state index contributed by atoms with van der Waals surface area (Å²) in [6.07, 6.45) is 2.20. The summed E-state index contributed by atoms with van der Waals surface area (Å²) in [5.74, 6) is 1.55. The van der Waals surface area contributed by atoms with Crippen molar-refractivity contribution in [2.45, 2.75) is 25.3 Å². The summed E-state index contributed by atoms with van der Waals surface area (Å²) in [7, 11) is 1.73. The zero-order chi connectivity index (χ0) is 18.5. The molecular formula is C25H27NO. The molecule has 0 saturated carbocycles. The molecule has 1 saturated heterocycles. The number of rotatable bonds is 6. The Morgan fingerprint density at radius 3 is 2.52 bits per heavy atom. The second-order valence-electron chi connectivity index (χ2n) is 7.43. The maximum atomic E-state index is 5.39. The van der Waals surface area contributed by atoms with Gasteiger partial charge in [0.25, 0.3) is 0 Å². The average Bonchev–Trinajstić information content (AvgIpc) is 3.17. The van der Waals surface area contributed by atoms with Gasteiger partial charge in [-0.3, -0.25) is 4.90 Å². The Bertz CT molecular complexity index is 874. The van der Waals surface area contributed by atoms with E-state index in [2.05, 4.69) is 77.7 Å². The molecule has 0 amide bonds. The van der Waals surface area contributed by atoms with Crippen molar-refractivity contribution in [2.24, 2.45) is 0 Å². The standard InChI is InChI=1S/C25H27NO/c1-27-24-12-7-10-21(17-24)16-22-11-5-6-13-25(22)23-14-15-26(19-23)18-20-8-3-2-4-9-20/h2-13,17,23H,14-16,18-19H2,1H3. The van der Waals surface area contributed by atoms with Crippen LogP contribution in [-0.4, -0.2) is 25.1 Å². The van der Waals surface area contributed by atoms with Gasteiger partial charge in [-0.2, -0.15) is 0 Å². The molecule has 1 aliphatic heterocycles. The third kappa shape index (κ3) is 4.40. The van der Waals surface area contributed by atoms with Gasteiger partial charge in [-0.15, -0.1) is 0 Å². The first-order valence-corrected chi connectivity index (χ1v) is 9.79. The molecule has 138 valence electrons. The van der Waals surface area contributed by atoms with Gasteiger partial charge < -0.3 is 4.74 Å². The van der Waals surface area contributed by atoms with Crippen molar-refractivity contribution in [2.75, 3.05) is 20.2 Å². The lowest BCUT2D eigenvalue weighted by Gasteiger charge is -2.18. The number of ether oxygens (including phenoxy) is 1. The highest BCUT2D eigenvalue weighted by Crippen LogP contribution is 2.31. The smallest absolute Gasteiger partial charge is 0.119 e. The normalized spacial score (nSPS) is 17.1. The van der Waals surface area contributed by atoms with Gasteiger partial charge in [-0.25, -0.2) is 0 Å². The van der Waals surface area contributed by atoms with Crippen molar-refractivity contribution in [1.29, 1.82) is 0 Å². The lowest BCUT2D eigenvalue weighted by atomic mass is 9.90. The highest BCUT2D eigenvalue weighted by atomic mass is 16.5. The molecule has 1 aliphatic rings. The molecule has 1 heterocycles. The third-order valence-electron chi connectivity index (χ3n) is 5.55. The van der Waals surface area contributed by atoms with Crippen molar-refractivity contribution in [1.82, 2.24) is 4.90 Å². The first kappa shape index (κ1) is 17.8. The first-order chi connectivity index (χ1) is 13.3. The van der Waals surface area contributed by atoms with Crippen LogP contribution in [0.4, 0.5) is 0 Å². The predicted molar refractivity (Wildman–Crippen MR) is 111 cm³/mol. The van der Waals surface area contributed by atoms with Crippen LogP contribution in [0.3, 0.4) is 0 Å². The van der Waals surface area contributed by atoms with Crippen LogP contribution in [-0.2, 0) is 13.0 Å². The van der Waals surface area contributed by atoms with E-state index in [4.69, 9.17) is 4.74 Å². The van der Waals surface area contributed by atoms with Crippen molar-refractivity contribution < 1.29 is 4.74 Å². The van der Waals surface area contributed by atoms with Crippen LogP contribution < -0.4 is 4.74 Å². The zero-order valence-corrected chi connectivity index (χ0v) is 16.0. The molecule has 1 unspecified atom stereocenters. The van der Waals surface area contributed by atoms with Crippen LogP contribution in [0.25, 0.3) is 0 Å². The fourth-order valence-electron chi connectivity index (χ4n) is 4.17. The molecule has 0 spiro atoms. The van der Waals surface area contributed by atoms with Gasteiger partial charge in [0.05, 0.1) is 7.11 Å². The Hall–Kier alpha value is -2.58.